The monoisotopic (exact) mass is 283 g/mol. The Balaban J connectivity index is 1.89. The van der Waals surface area contributed by atoms with Crippen molar-refractivity contribution in [3.05, 3.63) is 0 Å². The quantitative estimate of drug-likeness (QED) is 0.725. The second-order valence-corrected chi connectivity index (χ2v) is 6.64. The van der Waals surface area contributed by atoms with E-state index in [4.69, 9.17) is 9.47 Å². The fourth-order valence-corrected chi connectivity index (χ4v) is 3.59. The summed E-state index contributed by atoms with van der Waals surface area (Å²) >= 11 is 0. The van der Waals surface area contributed by atoms with E-state index in [1.54, 1.807) is 0 Å². The molecule has 0 radical (unpaired) electrons. The zero-order valence-electron chi connectivity index (χ0n) is 13.5. The van der Waals surface area contributed by atoms with Gasteiger partial charge in [-0.25, -0.2) is 0 Å². The number of nitrogens with one attached hydrogen (secondary N) is 1. The van der Waals surface area contributed by atoms with E-state index in [9.17, 15) is 0 Å². The van der Waals surface area contributed by atoms with Gasteiger partial charge in [0.1, 0.15) is 0 Å². The van der Waals surface area contributed by atoms with E-state index < -0.39 is 0 Å². The minimum Gasteiger partial charge on any atom is -0.381 e. The first kappa shape index (κ1) is 16.3. The summed E-state index contributed by atoms with van der Waals surface area (Å²) in [5, 5.41) is 3.61. The molecule has 1 N–H and O–H groups in total. The van der Waals surface area contributed by atoms with Crippen molar-refractivity contribution >= 4 is 0 Å². The van der Waals surface area contributed by atoms with Crippen molar-refractivity contribution in [1.82, 2.24) is 5.32 Å². The summed E-state index contributed by atoms with van der Waals surface area (Å²) in [5.74, 6) is 0.924. The Bertz CT molecular complexity index is 250. The van der Waals surface area contributed by atoms with Gasteiger partial charge in [0, 0.05) is 19.8 Å². The van der Waals surface area contributed by atoms with Gasteiger partial charge in [-0.1, -0.05) is 20.3 Å². The number of hydrogen-bond acceptors (Lipinski definition) is 3. The average Bonchev–Trinajstić information content (AvgIpc) is 2.49. The third kappa shape index (κ3) is 4.71. The van der Waals surface area contributed by atoms with Crippen LogP contribution in [0.4, 0.5) is 0 Å². The van der Waals surface area contributed by atoms with Crippen LogP contribution >= 0.6 is 0 Å². The van der Waals surface area contributed by atoms with Crippen LogP contribution in [0.5, 0.6) is 0 Å². The molecule has 0 atom stereocenters. The van der Waals surface area contributed by atoms with Crippen molar-refractivity contribution in [2.24, 2.45) is 5.92 Å². The molecule has 0 spiro atoms. The van der Waals surface area contributed by atoms with Gasteiger partial charge in [0.2, 0.25) is 0 Å². The maximum Gasteiger partial charge on any atom is 0.0810 e. The maximum absolute atomic E-state index is 6.62. The molecule has 2 rings (SSSR count). The minimum atomic E-state index is 0.100. The molecule has 1 saturated carbocycles. The highest BCUT2D eigenvalue weighted by atomic mass is 16.5. The van der Waals surface area contributed by atoms with E-state index in [0.717, 1.165) is 45.1 Å². The van der Waals surface area contributed by atoms with Crippen LogP contribution in [0.25, 0.3) is 0 Å². The summed E-state index contributed by atoms with van der Waals surface area (Å²) in [6.07, 6.45) is 10.3. The largest absolute Gasteiger partial charge is 0.381 e. The molecule has 0 aromatic carbocycles. The van der Waals surface area contributed by atoms with Gasteiger partial charge in [-0.3, -0.25) is 0 Å². The van der Waals surface area contributed by atoms with E-state index >= 15 is 0 Å². The van der Waals surface area contributed by atoms with Crippen LogP contribution < -0.4 is 5.32 Å². The van der Waals surface area contributed by atoms with Gasteiger partial charge >= 0.3 is 0 Å². The van der Waals surface area contributed by atoms with E-state index in [1.165, 1.54) is 38.5 Å². The number of hydrogen-bond donors (Lipinski definition) is 1. The van der Waals surface area contributed by atoms with Gasteiger partial charge in [-0.2, -0.15) is 0 Å². The van der Waals surface area contributed by atoms with Crippen molar-refractivity contribution in [2.75, 3.05) is 26.3 Å². The lowest BCUT2D eigenvalue weighted by Crippen LogP contribution is -2.49. The van der Waals surface area contributed by atoms with E-state index in [0.29, 0.717) is 6.10 Å². The summed E-state index contributed by atoms with van der Waals surface area (Å²) in [7, 11) is 0. The molecular formula is C17H33NO2. The van der Waals surface area contributed by atoms with E-state index in [-0.39, 0.29) is 5.60 Å². The van der Waals surface area contributed by atoms with Gasteiger partial charge in [-0.05, 0) is 57.4 Å². The summed E-state index contributed by atoms with van der Waals surface area (Å²) < 4.78 is 12.1. The Kier molecular flexibility index (Phi) is 6.79. The van der Waals surface area contributed by atoms with Crippen LogP contribution in [0.15, 0.2) is 0 Å². The highest BCUT2D eigenvalue weighted by molar-refractivity contribution is 4.90. The molecule has 20 heavy (non-hydrogen) atoms. The lowest BCUT2D eigenvalue weighted by Gasteiger charge is -2.43. The topological polar surface area (TPSA) is 30.5 Å². The summed E-state index contributed by atoms with van der Waals surface area (Å²) in [5.41, 5.74) is 0.100. The minimum absolute atomic E-state index is 0.100. The van der Waals surface area contributed by atoms with Crippen molar-refractivity contribution in [3.8, 4) is 0 Å². The molecule has 118 valence electrons. The Morgan fingerprint density at radius 3 is 2.40 bits per heavy atom. The summed E-state index contributed by atoms with van der Waals surface area (Å²) in [6, 6.07) is 0. The average molecular weight is 283 g/mol. The second-order valence-electron chi connectivity index (χ2n) is 6.64. The van der Waals surface area contributed by atoms with Crippen molar-refractivity contribution in [2.45, 2.75) is 76.9 Å². The molecular weight excluding hydrogens is 250 g/mol. The van der Waals surface area contributed by atoms with Crippen LogP contribution in [0, 0.1) is 5.92 Å². The van der Waals surface area contributed by atoms with Crippen molar-refractivity contribution in [3.63, 3.8) is 0 Å². The normalized spacial score (nSPS) is 32.4. The van der Waals surface area contributed by atoms with Gasteiger partial charge in [-0.15, -0.1) is 0 Å². The fraction of sp³-hybridized carbons (Fsp3) is 1.00. The second kappa shape index (κ2) is 8.35. The molecule has 0 bridgehead atoms. The zero-order chi connectivity index (χ0) is 14.3. The highest BCUT2D eigenvalue weighted by Gasteiger charge is 2.37. The zero-order valence-corrected chi connectivity index (χ0v) is 13.5. The molecule has 3 nitrogen and oxygen atoms in total. The fourth-order valence-electron chi connectivity index (χ4n) is 3.59. The molecule has 0 unspecified atom stereocenters. The molecule has 2 fully saturated rings. The predicted octanol–water partition coefficient (Wildman–Crippen LogP) is 3.52. The maximum atomic E-state index is 6.62. The summed E-state index contributed by atoms with van der Waals surface area (Å²) in [4.78, 5) is 0. The van der Waals surface area contributed by atoms with Crippen molar-refractivity contribution < 1.29 is 9.47 Å². The van der Waals surface area contributed by atoms with Crippen LogP contribution in [-0.4, -0.2) is 38.0 Å². The first-order valence-corrected chi connectivity index (χ1v) is 8.74. The molecule has 2 aliphatic rings. The Morgan fingerprint density at radius 1 is 1.10 bits per heavy atom. The standard InChI is InChI=1S/C17H33NO2/c1-3-11-18-14-17(9-5-15(4-2)6-10-17)20-16-7-12-19-13-8-16/h15-16,18H,3-14H2,1-2H3. The van der Waals surface area contributed by atoms with E-state index in [1.807, 2.05) is 0 Å². The Hall–Kier alpha value is -0.120. The van der Waals surface area contributed by atoms with Gasteiger partial charge in [0.15, 0.2) is 0 Å². The Morgan fingerprint density at radius 2 is 1.80 bits per heavy atom. The predicted molar refractivity (Wildman–Crippen MR) is 83.1 cm³/mol. The van der Waals surface area contributed by atoms with Crippen LogP contribution in [0.2, 0.25) is 0 Å². The first-order valence-electron chi connectivity index (χ1n) is 8.74. The molecule has 1 aliphatic heterocycles. The van der Waals surface area contributed by atoms with Crippen LogP contribution in [0.1, 0.15) is 65.2 Å². The Labute approximate surface area is 124 Å². The third-order valence-electron chi connectivity index (χ3n) is 5.05. The lowest BCUT2D eigenvalue weighted by atomic mass is 9.77. The number of ether oxygens (including phenoxy) is 2. The molecule has 3 heteroatoms. The van der Waals surface area contributed by atoms with Crippen LogP contribution in [0.3, 0.4) is 0 Å². The van der Waals surface area contributed by atoms with Gasteiger partial charge in [0.05, 0.1) is 11.7 Å². The smallest absolute Gasteiger partial charge is 0.0810 e. The molecule has 0 aromatic rings. The van der Waals surface area contributed by atoms with Crippen molar-refractivity contribution in [1.29, 1.82) is 0 Å². The third-order valence-corrected chi connectivity index (χ3v) is 5.05. The molecule has 1 saturated heterocycles. The molecule has 0 aromatic heterocycles. The molecule has 1 heterocycles. The SMILES string of the molecule is CCCNCC1(OC2CCOCC2)CCC(CC)CC1. The highest BCUT2D eigenvalue weighted by Crippen LogP contribution is 2.37. The van der Waals surface area contributed by atoms with E-state index in [2.05, 4.69) is 19.2 Å². The summed E-state index contributed by atoms with van der Waals surface area (Å²) in [6.45, 7) is 8.45. The van der Waals surface area contributed by atoms with Gasteiger partial charge in [0.25, 0.3) is 0 Å². The van der Waals surface area contributed by atoms with Gasteiger partial charge < -0.3 is 14.8 Å². The number of rotatable bonds is 7. The molecule has 1 aliphatic carbocycles. The van der Waals surface area contributed by atoms with Crippen LogP contribution in [-0.2, 0) is 9.47 Å². The lowest BCUT2D eigenvalue weighted by molar-refractivity contribution is -0.143. The molecule has 0 amide bonds. The first-order chi connectivity index (χ1) is 9.78.